The fraction of sp³-hybridized carbons (Fsp3) is 0.462. The third kappa shape index (κ3) is 2.29. The topological polar surface area (TPSA) is 56.8 Å². The Morgan fingerprint density at radius 3 is 2.74 bits per heavy atom. The highest BCUT2D eigenvalue weighted by molar-refractivity contribution is 6.32. The molecule has 6 heteroatoms. The van der Waals surface area contributed by atoms with Crippen molar-refractivity contribution in [2.75, 3.05) is 32.9 Å². The lowest BCUT2D eigenvalue weighted by atomic mass is 10.0. The average Bonchev–Trinajstić information content (AvgIpc) is 2.47. The lowest BCUT2D eigenvalue weighted by Gasteiger charge is -2.29. The molecule has 3 rings (SSSR count). The predicted octanol–water partition coefficient (Wildman–Crippen LogP) is 1.58. The second kappa shape index (κ2) is 5.36. The molecule has 19 heavy (non-hydrogen) atoms. The van der Waals surface area contributed by atoms with Gasteiger partial charge in [-0.25, -0.2) is 0 Å². The maximum absolute atomic E-state index is 11.1. The van der Waals surface area contributed by atoms with E-state index < -0.39 is 0 Å². The van der Waals surface area contributed by atoms with Crippen LogP contribution in [0.25, 0.3) is 0 Å². The quantitative estimate of drug-likeness (QED) is 0.835. The first-order valence-electron chi connectivity index (χ1n) is 6.20. The molecular weight excluding hydrogens is 270 g/mol. The fourth-order valence-electron chi connectivity index (χ4n) is 2.36. The van der Waals surface area contributed by atoms with Crippen LogP contribution in [-0.2, 0) is 4.74 Å². The van der Waals surface area contributed by atoms with Crippen molar-refractivity contribution in [3.05, 3.63) is 22.2 Å². The summed E-state index contributed by atoms with van der Waals surface area (Å²) in [5, 5.41) is 3.72. The molecule has 1 saturated heterocycles. The summed E-state index contributed by atoms with van der Waals surface area (Å²) in [6.07, 6.45) is 0.542. The van der Waals surface area contributed by atoms with Crippen molar-refractivity contribution in [2.24, 2.45) is 0 Å². The third-order valence-electron chi connectivity index (χ3n) is 3.21. The van der Waals surface area contributed by atoms with Crippen LogP contribution in [0, 0.1) is 0 Å². The van der Waals surface area contributed by atoms with Crippen LogP contribution >= 0.6 is 11.6 Å². The number of ether oxygens (including phenoxy) is 3. The smallest absolute Gasteiger partial charge is 0.172 e. The number of nitrogens with one attached hydrogen (secondary N) is 1. The maximum atomic E-state index is 11.1. The Kier molecular flexibility index (Phi) is 3.59. The molecule has 0 spiro atoms. The van der Waals surface area contributed by atoms with E-state index in [0.29, 0.717) is 48.5 Å². The highest BCUT2D eigenvalue weighted by Crippen LogP contribution is 2.44. The molecule has 2 aliphatic rings. The lowest BCUT2D eigenvalue weighted by molar-refractivity contribution is 0.0245. The van der Waals surface area contributed by atoms with Crippen LogP contribution in [-0.4, -0.2) is 39.2 Å². The number of rotatable bonds is 2. The molecule has 0 radical (unpaired) electrons. The average molecular weight is 284 g/mol. The summed E-state index contributed by atoms with van der Waals surface area (Å²) in [5.74, 6) is 1.00. The van der Waals surface area contributed by atoms with Gasteiger partial charge in [-0.3, -0.25) is 4.79 Å². The van der Waals surface area contributed by atoms with Gasteiger partial charge in [-0.15, -0.1) is 0 Å². The molecule has 0 bridgehead atoms. The van der Waals surface area contributed by atoms with Crippen molar-refractivity contribution < 1.29 is 19.0 Å². The zero-order valence-corrected chi connectivity index (χ0v) is 11.0. The molecule has 0 aromatic heterocycles. The van der Waals surface area contributed by atoms with E-state index in [2.05, 4.69) is 5.32 Å². The van der Waals surface area contributed by atoms with Gasteiger partial charge in [0.15, 0.2) is 17.8 Å². The number of carbonyl (C=O) groups is 1. The molecule has 1 atom stereocenters. The fourth-order valence-corrected chi connectivity index (χ4v) is 2.68. The van der Waals surface area contributed by atoms with Gasteiger partial charge in [0.1, 0.15) is 19.3 Å². The minimum absolute atomic E-state index is 0.183. The van der Waals surface area contributed by atoms with Crippen LogP contribution in [0.5, 0.6) is 11.5 Å². The maximum Gasteiger partial charge on any atom is 0.172 e. The number of hydrogen-bond acceptors (Lipinski definition) is 5. The van der Waals surface area contributed by atoms with Gasteiger partial charge in [-0.1, -0.05) is 11.6 Å². The number of hydrogen-bond donors (Lipinski definition) is 1. The Morgan fingerprint density at radius 2 is 2.05 bits per heavy atom. The van der Waals surface area contributed by atoms with Crippen LogP contribution in [0.3, 0.4) is 0 Å². The monoisotopic (exact) mass is 283 g/mol. The molecule has 1 aromatic rings. The van der Waals surface area contributed by atoms with Crippen molar-refractivity contribution in [1.82, 2.24) is 5.32 Å². The van der Waals surface area contributed by atoms with Gasteiger partial charge in [-0.05, 0) is 6.07 Å². The van der Waals surface area contributed by atoms with Gasteiger partial charge in [0.25, 0.3) is 0 Å². The van der Waals surface area contributed by atoms with Crippen LogP contribution < -0.4 is 14.8 Å². The number of morpholine rings is 1. The van der Waals surface area contributed by atoms with E-state index in [1.165, 1.54) is 0 Å². The molecule has 0 saturated carbocycles. The number of benzene rings is 1. The van der Waals surface area contributed by atoms with Crippen LogP contribution in [0.4, 0.5) is 0 Å². The van der Waals surface area contributed by atoms with Crippen molar-refractivity contribution in [2.45, 2.75) is 6.10 Å². The number of fused-ring (bicyclic) bond motifs is 1. The number of aldehydes is 1. The first kappa shape index (κ1) is 12.7. The molecule has 0 aliphatic carbocycles. The van der Waals surface area contributed by atoms with Gasteiger partial charge < -0.3 is 19.5 Å². The summed E-state index contributed by atoms with van der Waals surface area (Å²) in [7, 11) is 0. The second-order valence-electron chi connectivity index (χ2n) is 4.40. The number of carbonyl (C=O) groups excluding carboxylic acids is 1. The molecule has 0 amide bonds. The Balaban J connectivity index is 2.09. The summed E-state index contributed by atoms with van der Waals surface area (Å²) in [4.78, 5) is 11.1. The van der Waals surface area contributed by atoms with E-state index in [4.69, 9.17) is 25.8 Å². The molecule has 5 nitrogen and oxygen atoms in total. The van der Waals surface area contributed by atoms with E-state index in [0.717, 1.165) is 18.4 Å². The van der Waals surface area contributed by atoms with Gasteiger partial charge >= 0.3 is 0 Å². The number of halogens is 1. The van der Waals surface area contributed by atoms with Gasteiger partial charge in [0.2, 0.25) is 0 Å². The molecule has 2 heterocycles. The summed E-state index contributed by atoms with van der Waals surface area (Å²) in [5.41, 5.74) is 1.17. The Labute approximate surface area is 115 Å². The normalized spacial score (nSPS) is 22.1. The van der Waals surface area contributed by atoms with E-state index >= 15 is 0 Å². The Hall–Kier alpha value is -1.30. The van der Waals surface area contributed by atoms with Crippen molar-refractivity contribution >= 4 is 17.9 Å². The molecular formula is C13H14ClNO4. The van der Waals surface area contributed by atoms with Gasteiger partial charge in [0.05, 0.1) is 17.2 Å². The SMILES string of the molecule is O=Cc1cc(Cl)c(C2CNCCO2)c2c1OCCO2. The van der Waals surface area contributed by atoms with E-state index in [9.17, 15) is 4.79 Å². The minimum atomic E-state index is -0.183. The summed E-state index contributed by atoms with van der Waals surface area (Å²) < 4.78 is 16.9. The molecule has 1 aromatic carbocycles. The highest BCUT2D eigenvalue weighted by atomic mass is 35.5. The van der Waals surface area contributed by atoms with E-state index in [1.54, 1.807) is 6.07 Å². The van der Waals surface area contributed by atoms with Gasteiger partial charge in [-0.2, -0.15) is 0 Å². The van der Waals surface area contributed by atoms with Gasteiger partial charge in [0, 0.05) is 18.7 Å². The van der Waals surface area contributed by atoms with E-state index in [-0.39, 0.29) is 6.10 Å². The summed E-state index contributed by atoms with van der Waals surface area (Å²) >= 11 is 6.28. The summed E-state index contributed by atoms with van der Waals surface area (Å²) in [6.45, 7) is 2.97. The molecule has 102 valence electrons. The molecule has 2 aliphatic heterocycles. The summed E-state index contributed by atoms with van der Waals surface area (Å²) in [6, 6.07) is 1.61. The predicted molar refractivity (Wildman–Crippen MR) is 69.4 cm³/mol. The molecule has 1 unspecified atom stereocenters. The highest BCUT2D eigenvalue weighted by Gasteiger charge is 2.29. The largest absolute Gasteiger partial charge is 0.486 e. The first-order valence-corrected chi connectivity index (χ1v) is 6.58. The third-order valence-corrected chi connectivity index (χ3v) is 3.52. The zero-order valence-electron chi connectivity index (χ0n) is 10.3. The first-order chi connectivity index (χ1) is 9.31. The standard InChI is InChI=1S/C13H14ClNO4/c14-9-5-8(7-16)12-13(19-4-3-18-12)11(9)10-6-15-1-2-17-10/h5,7,10,15H,1-4,6H2. The van der Waals surface area contributed by atoms with Crippen LogP contribution in [0.1, 0.15) is 22.0 Å². The van der Waals surface area contributed by atoms with Crippen molar-refractivity contribution in [3.8, 4) is 11.5 Å². The van der Waals surface area contributed by atoms with Crippen molar-refractivity contribution in [1.29, 1.82) is 0 Å². The second-order valence-corrected chi connectivity index (χ2v) is 4.81. The minimum Gasteiger partial charge on any atom is -0.486 e. The van der Waals surface area contributed by atoms with Crippen LogP contribution in [0.15, 0.2) is 6.07 Å². The Bertz CT molecular complexity index is 500. The zero-order chi connectivity index (χ0) is 13.2. The van der Waals surface area contributed by atoms with Crippen LogP contribution in [0.2, 0.25) is 5.02 Å². The van der Waals surface area contributed by atoms with Crippen molar-refractivity contribution in [3.63, 3.8) is 0 Å². The Morgan fingerprint density at radius 1 is 1.26 bits per heavy atom. The van der Waals surface area contributed by atoms with E-state index in [1.807, 2.05) is 0 Å². The molecule has 1 fully saturated rings. The molecule has 1 N–H and O–H groups in total. The lowest BCUT2D eigenvalue weighted by Crippen LogP contribution is -2.34.